The molecule has 62 valence electrons. The molecule has 3 atom stereocenters. The molecule has 1 aliphatic heterocycles. The summed E-state index contributed by atoms with van der Waals surface area (Å²) in [6.45, 7) is 0. The van der Waals surface area contributed by atoms with Gasteiger partial charge in [-0.25, -0.2) is 4.79 Å². The van der Waals surface area contributed by atoms with Crippen molar-refractivity contribution < 1.29 is 9.53 Å². The van der Waals surface area contributed by atoms with Gasteiger partial charge < -0.3 is 10.1 Å². The fraction of sp³-hybridized carbons (Fsp3) is 0.857. The summed E-state index contributed by atoms with van der Waals surface area (Å²) >= 11 is 2.37. The van der Waals surface area contributed by atoms with E-state index in [1.165, 1.54) is 0 Å². The first kappa shape index (κ1) is 7.64. The fourth-order valence-corrected chi connectivity index (χ4v) is 2.48. The third-order valence-corrected chi connectivity index (χ3v) is 3.72. The van der Waals surface area contributed by atoms with Crippen LogP contribution < -0.4 is 5.32 Å². The molecule has 0 radical (unpaired) electrons. The van der Waals surface area contributed by atoms with Crippen LogP contribution in [0.4, 0.5) is 4.79 Å². The Morgan fingerprint density at radius 1 is 1.55 bits per heavy atom. The first-order valence-electron chi connectivity index (χ1n) is 3.87. The Morgan fingerprint density at radius 3 is 3.18 bits per heavy atom. The van der Waals surface area contributed by atoms with Crippen molar-refractivity contribution in [3.05, 3.63) is 0 Å². The third kappa shape index (κ3) is 1.45. The number of carbonyl (C=O) groups is 1. The van der Waals surface area contributed by atoms with Gasteiger partial charge in [-0.1, -0.05) is 22.6 Å². The van der Waals surface area contributed by atoms with Crippen LogP contribution in [0.25, 0.3) is 0 Å². The van der Waals surface area contributed by atoms with E-state index in [9.17, 15) is 4.79 Å². The molecule has 2 fully saturated rings. The number of carbonyl (C=O) groups excluding carboxylic acids is 1. The molecule has 1 saturated carbocycles. The molecule has 2 aliphatic rings. The average Bonchev–Trinajstić information content (AvgIpc) is 1.97. The first-order valence-corrected chi connectivity index (χ1v) is 5.11. The monoisotopic (exact) mass is 267 g/mol. The molecule has 0 aromatic rings. The Balaban J connectivity index is 2.08. The fourth-order valence-electron chi connectivity index (χ4n) is 1.68. The molecule has 4 heteroatoms. The highest BCUT2D eigenvalue weighted by atomic mass is 127. The number of hydrogen-bond donors (Lipinski definition) is 1. The van der Waals surface area contributed by atoms with Crippen molar-refractivity contribution in [1.29, 1.82) is 0 Å². The molecule has 1 aliphatic carbocycles. The van der Waals surface area contributed by atoms with Crippen LogP contribution in [-0.2, 0) is 4.74 Å². The lowest BCUT2D eigenvalue weighted by atomic mass is 9.92. The van der Waals surface area contributed by atoms with Crippen molar-refractivity contribution in [3.8, 4) is 0 Å². The van der Waals surface area contributed by atoms with E-state index in [0.29, 0.717) is 9.97 Å². The molecule has 2 rings (SSSR count). The second-order valence-corrected chi connectivity index (χ2v) is 4.71. The van der Waals surface area contributed by atoms with Crippen LogP contribution in [0.5, 0.6) is 0 Å². The van der Waals surface area contributed by atoms with Crippen LogP contribution in [0.3, 0.4) is 0 Å². The number of alkyl carbamates (subject to hydrolysis) is 1. The second kappa shape index (κ2) is 2.80. The SMILES string of the molecule is O=C1NC2CCC(I)C(C2)O1. The second-order valence-electron chi connectivity index (χ2n) is 3.11. The number of hydrogen-bond acceptors (Lipinski definition) is 2. The van der Waals surface area contributed by atoms with E-state index in [-0.39, 0.29) is 12.2 Å². The van der Waals surface area contributed by atoms with Gasteiger partial charge in [0.15, 0.2) is 0 Å². The topological polar surface area (TPSA) is 38.3 Å². The molecule has 2 bridgehead atoms. The van der Waals surface area contributed by atoms with Gasteiger partial charge in [-0.15, -0.1) is 0 Å². The van der Waals surface area contributed by atoms with E-state index in [2.05, 4.69) is 27.9 Å². The van der Waals surface area contributed by atoms with Gasteiger partial charge in [0.05, 0.1) is 0 Å². The summed E-state index contributed by atoms with van der Waals surface area (Å²) in [4.78, 5) is 10.9. The number of fused-ring (bicyclic) bond motifs is 2. The predicted octanol–water partition coefficient (Wildman–Crippen LogP) is 1.45. The van der Waals surface area contributed by atoms with Gasteiger partial charge >= 0.3 is 6.09 Å². The number of alkyl halides is 1. The summed E-state index contributed by atoms with van der Waals surface area (Å²) in [5.41, 5.74) is 0. The van der Waals surface area contributed by atoms with Crippen molar-refractivity contribution in [2.24, 2.45) is 0 Å². The zero-order valence-electron chi connectivity index (χ0n) is 6.05. The highest BCUT2D eigenvalue weighted by Crippen LogP contribution is 2.30. The van der Waals surface area contributed by atoms with Crippen LogP contribution >= 0.6 is 22.6 Å². The van der Waals surface area contributed by atoms with E-state index in [1.807, 2.05) is 0 Å². The molecule has 3 unspecified atom stereocenters. The normalized spacial score (nSPS) is 42.6. The van der Waals surface area contributed by atoms with Gasteiger partial charge in [-0.05, 0) is 12.8 Å². The lowest BCUT2D eigenvalue weighted by Crippen LogP contribution is -2.51. The van der Waals surface area contributed by atoms with Crippen LogP contribution in [0.2, 0.25) is 0 Å². The van der Waals surface area contributed by atoms with E-state index in [0.717, 1.165) is 19.3 Å². The Morgan fingerprint density at radius 2 is 2.36 bits per heavy atom. The maximum absolute atomic E-state index is 10.9. The number of nitrogens with one attached hydrogen (secondary N) is 1. The standard InChI is InChI=1S/C7H10INO2/c8-5-2-1-4-3-6(5)11-7(10)9-4/h4-6H,1-3H2,(H,9,10). The maximum atomic E-state index is 10.9. The summed E-state index contributed by atoms with van der Waals surface area (Å²) in [5.74, 6) is 0. The van der Waals surface area contributed by atoms with E-state index in [4.69, 9.17) is 4.74 Å². The van der Waals surface area contributed by atoms with Crippen molar-refractivity contribution in [2.75, 3.05) is 0 Å². The lowest BCUT2D eigenvalue weighted by molar-refractivity contribution is 0.0424. The molecular weight excluding hydrogens is 257 g/mol. The Kier molecular flexibility index (Phi) is 1.95. The summed E-state index contributed by atoms with van der Waals surface area (Å²) in [5, 5.41) is 2.80. The minimum atomic E-state index is -0.229. The molecule has 0 spiro atoms. The van der Waals surface area contributed by atoms with Crippen molar-refractivity contribution in [2.45, 2.75) is 35.3 Å². The summed E-state index contributed by atoms with van der Waals surface area (Å²) in [6, 6.07) is 0.382. The zero-order chi connectivity index (χ0) is 7.84. The molecule has 1 heterocycles. The number of ether oxygens (including phenoxy) is 1. The first-order chi connectivity index (χ1) is 5.25. The van der Waals surface area contributed by atoms with Gasteiger partial charge in [0.2, 0.25) is 0 Å². The number of amides is 1. The highest BCUT2D eigenvalue weighted by molar-refractivity contribution is 14.1. The number of halogens is 1. The van der Waals surface area contributed by atoms with Crippen molar-refractivity contribution in [1.82, 2.24) is 5.32 Å². The zero-order valence-corrected chi connectivity index (χ0v) is 8.21. The molecule has 1 N–H and O–H groups in total. The van der Waals surface area contributed by atoms with Gasteiger partial charge in [-0.3, -0.25) is 0 Å². The van der Waals surface area contributed by atoms with Crippen LogP contribution in [0.15, 0.2) is 0 Å². The quantitative estimate of drug-likeness (QED) is 0.533. The minimum Gasteiger partial charge on any atom is -0.445 e. The Hall–Kier alpha value is -0.0000000000000000555. The molecular formula is C7H10INO2. The number of rotatable bonds is 0. The molecule has 1 amide bonds. The molecule has 1 saturated heterocycles. The van der Waals surface area contributed by atoms with Gasteiger partial charge in [0, 0.05) is 16.4 Å². The third-order valence-electron chi connectivity index (χ3n) is 2.29. The largest absolute Gasteiger partial charge is 0.445 e. The smallest absolute Gasteiger partial charge is 0.407 e. The van der Waals surface area contributed by atoms with Gasteiger partial charge in [0.1, 0.15) is 6.10 Å². The lowest BCUT2D eigenvalue weighted by Gasteiger charge is -2.37. The van der Waals surface area contributed by atoms with Crippen LogP contribution in [0.1, 0.15) is 19.3 Å². The molecule has 11 heavy (non-hydrogen) atoms. The summed E-state index contributed by atoms with van der Waals surface area (Å²) < 4.78 is 5.63. The molecule has 0 aromatic carbocycles. The van der Waals surface area contributed by atoms with E-state index >= 15 is 0 Å². The van der Waals surface area contributed by atoms with E-state index in [1.54, 1.807) is 0 Å². The summed E-state index contributed by atoms with van der Waals surface area (Å²) in [6.07, 6.45) is 3.21. The highest BCUT2D eigenvalue weighted by Gasteiger charge is 2.36. The minimum absolute atomic E-state index is 0.170. The van der Waals surface area contributed by atoms with Gasteiger partial charge in [0.25, 0.3) is 0 Å². The maximum Gasteiger partial charge on any atom is 0.407 e. The van der Waals surface area contributed by atoms with Crippen molar-refractivity contribution >= 4 is 28.7 Å². The summed E-state index contributed by atoms with van der Waals surface area (Å²) in [7, 11) is 0. The Labute approximate surface area is 79.0 Å². The van der Waals surface area contributed by atoms with Gasteiger partial charge in [-0.2, -0.15) is 0 Å². The molecule has 0 aromatic heterocycles. The predicted molar refractivity (Wildman–Crippen MR) is 48.9 cm³/mol. The van der Waals surface area contributed by atoms with Crippen molar-refractivity contribution in [3.63, 3.8) is 0 Å². The van der Waals surface area contributed by atoms with Crippen LogP contribution in [0, 0.1) is 0 Å². The molecule has 3 nitrogen and oxygen atoms in total. The van der Waals surface area contributed by atoms with Crippen LogP contribution in [-0.4, -0.2) is 22.2 Å². The Bertz CT molecular complexity index is 185. The van der Waals surface area contributed by atoms with E-state index < -0.39 is 0 Å². The average molecular weight is 267 g/mol.